The third kappa shape index (κ3) is 3.17. The maximum Gasteiger partial charge on any atom is 0.289 e. The van der Waals surface area contributed by atoms with E-state index in [-0.39, 0.29) is 5.16 Å². The van der Waals surface area contributed by atoms with Crippen LogP contribution in [-0.4, -0.2) is 25.4 Å². The average molecular weight is 207 g/mol. The minimum Gasteiger partial charge on any atom is -0.203 e. The molecule has 0 amide bonds. The summed E-state index contributed by atoms with van der Waals surface area (Å²) in [6.07, 6.45) is 0. The van der Waals surface area contributed by atoms with E-state index >= 15 is 0 Å². The number of hydrogen-bond acceptors (Lipinski definition) is 3. The van der Waals surface area contributed by atoms with E-state index in [1.54, 1.807) is 7.11 Å². The van der Waals surface area contributed by atoms with Gasteiger partial charge in [-0.1, -0.05) is 0 Å². The molecule has 0 saturated carbocycles. The fourth-order valence-electron chi connectivity index (χ4n) is 1.38. The minimum atomic E-state index is -1.66. The zero-order valence-electron chi connectivity index (χ0n) is 9.77. The van der Waals surface area contributed by atoms with Crippen LogP contribution in [-0.2, 0) is 4.52 Å². The summed E-state index contributed by atoms with van der Waals surface area (Å²) in [6, 6.07) is 0. The van der Waals surface area contributed by atoms with E-state index in [1.165, 1.54) is 0 Å². The van der Waals surface area contributed by atoms with E-state index in [9.17, 15) is 0 Å². The highest BCUT2D eigenvalue weighted by molar-refractivity contribution is 7.68. The third-order valence-corrected chi connectivity index (χ3v) is 5.94. The molecule has 0 aliphatic heterocycles. The second-order valence-corrected chi connectivity index (χ2v) is 7.54. The molecule has 0 aromatic heterocycles. The van der Waals surface area contributed by atoms with Gasteiger partial charge in [-0.2, -0.15) is 10.2 Å². The van der Waals surface area contributed by atoms with Crippen LogP contribution < -0.4 is 10.2 Å². The van der Waals surface area contributed by atoms with Gasteiger partial charge in [0, 0.05) is 13.1 Å². The molecule has 80 valence electrons. The molecule has 0 saturated heterocycles. The molecule has 0 aromatic carbocycles. The highest BCUT2D eigenvalue weighted by Crippen LogP contribution is 2.61. The van der Waals surface area contributed by atoms with Crippen molar-refractivity contribution in [2.75, 3.05) is 20.2 Å². The SMILES string of the molecule is CCN[P+](NCC)(OC)C(C)(C)C. The van der Waals surface area contributed by atoms with Crippen molar-refractivity contribution in [3.63, 3.8) is 0 Å². The minimum absolute atomic E-state index is 0.133. The molecule has 0 aliphatic rings. The van der Waals surface area contributed by atoms with Gasteiger partial charge < -0.3 is 0 Å². The molecular formula is C9H24N2OP+. The van der Waals surface area contributed by atoms with Crippen LogP contribution in [0.4, 0.5) is 0 Å². The maximum absolute atomic E-state index is 5.67. The number of hydrogen-bond donors (Lipinski definition) is 2. The van der Waals surface area contributed by atoms with Gasteiger partial charge in [0.15, 0.2) is 0 Å². The summed E-state index contributed by atoms with van der Waals surface area (Å²) in [6.45, 7) is 12.7. The predicted molar refractivity (Wildman–Crippen MR) is 61.0 cm³/mol. The van der Waals surface area contributed by atoms with E-state index in [1.807, 2.05) is 0 Å². The van der Waals surface area contributed by atoms with Crippen molar-refractivity contribution >= 4 is 7.79 Å². The van der Waals surface area contributed by atoms with Crippen LogP contribution in [0.1, 0.15) is 34.6 Å². The van der Waals surface area contributed by atoms with Gasteiger partial charge in [0.25, 0.3) is 7.79 Å². The molecule has 0 rings (SSSR count). The van der Waals surface area contributed by atoms with E-state index < -0.39 is 7.79 Å². The summed E-state index contributed by atoms with van der Waals surface area (Å²) < 4.78 is 5.67. The first kappa shape index (κ1) is 13.3. The van der Waals surface area contributed by atoms with Crippen molar-refractivity contribution in [3.05, 3.63) is 0 Å². The van der Waals surface area contributed by atoms with Crippen LogP contribution in [0.2, 0.25) is 0 Å². The highest BCUT2D eigenvalue weighted by atomic mass is 31.2. The van der Waals surface area contributed by atoms with Gasteiger partial charge in [-0.05, 0) is 34.6 Å². The molecule has 0 aromatic rings. The summed E-state index contributed by atoms with van der Waals surface area (Å²) in [5, 5.41) is 7.06. The summed E-state index contributed by atoms with van der Waals surface area (Å²) in [4.78, 5) is 0. The smallest absolute Gasteiger partial charge is 0.203 e. The predicted octanol–water partition coefficient (Wildman–Crippen LogP) is 2.41. The Morgan fingerprint density at radius 2 is 1.46 bits per heavy atom. The maximum atomic E-state index is 5.67. The summed E-state index contributed by atoms with van der Waals surface area (Å²) in [5.41, 5.74) is 0. The molecule has 0 unspecified atom stereocenters. The fourth-order valence-corrected chi connectivity index (χ4v) is 4.14. The normalized spacial score (nSPS) is 13.4. The Kier molecular flexibility index (Phi) is 5.38. The van der Waals surface area contributed by atoms with Crippen molar-refractivity contribution in [2.24, 2.45) is 0 Å². The van der Waals surface area contributed by atoms with Gasteiger partial charge in [-0.3, -0.25) is 0 Å². The third-order valence-electron chi connectivity index (χ3n) is 1.98. The fraction of sp³-hybridized carbons (Fsp3) is 1.00. The molecule has 0 atom stereocenters. The van der Waals surface area contributed by atoms with Gasteiger partial charge in [-0.25, -0.2) is 4.52 Å². The van der Waals surface area contributed by atoms with Crippen LogP contribution >= 0.6 is 7.79 Å². The molecule has 3 nitrogen and oxygen atoms in total. The lowest BCUT2D eigenvalue weighted by molar-refractivity contribution is 0.399. The molecule has 2 N–H and O–H groups in total. The topological polar surface area (TPSA) is 33.3 Å². The average Bonchev–Trinajstić information content (AvgIpc) is 2.02. The molecule has 0 bridgehead atoms. The lowest BCUT2D eigenvalue weighted by Gasteiger charge is -2.34. The Bertz CT molecular complexity index is 139. The Hall–Kier alpha value is 0.310. The molecular weight excluding hydrogens is 183 g/mol. The molecule has 0 fully saturated rings. The van der Waals surface area contributed by atoms with Gasteiger partial charge in [-0.15, -0.1) is 0 Å². The number of nitrogens with one attached hydrogen (secondary N) is 2. The molecule has 0 spiro atoms. The summed E-state index contributed by atoms with van der Waals surface area (Å²) >= 11 is 0. The Morgan fingerprint density at radius 3 is 1.62 bits per heavy atom. The zero-order chi connectivity index (χ0) is 10.5. The van der Waals surface area contributed by atoms with E-state index in [2.05, 4.69) is 44.8 Å². The van der Waals surface area contributed by atoms with Crippen LogP contribution in [0, 0.1) is 0 Å². The number of rotatable bonds is 5. The van der Waals surface area contributed by atoms with E-state index in [0.29, 0.717) is 0 Å². The standard InChI is InChI=1S/C9H24N2OP/c1-7-10-13(12-6,11-8-2)9(3,4)5/h10-11H,7-8H2,1-6H3/q+1. The molecule has 0 radical (unpaired) electrons. The van der Waals surface area contributed by atoms with E-state index in [4.69, 9.17) is 4.52 Å². The molecule has 0 aliphatic carbocycles. The monoisotopic (exact) mass is 207 g/mol. The Morgan fingerprint density at radius 1 is 1.08 bits per heavy atom. The van der Waals surface area contributed by atoms with Crippen LogP contribution in [0.5, 0.6) is 0 Å². The first-order valence-corrected chi connectivity index (χ1v) is 6.59. The summed E-state index contributed by atoms with van der Waals surface area (Å²) in [7, 11) is 0.121. The molecule has 0 heterocycles. The van der Waals surface area contributed by atoms with Crippen molar-refractivity contribution in [3.8, 4) is 0 Å². The van der Waals surface area contributed by atoms with Crippen molar-refractivity contribution < 1.29 is 4.52 Å². The quantitative estimate of drug-likeness (QED) is 0.679. The van der Waals surface area contributed by atoms with Gasteiger partial charge in [0.1, 0.15) is 5.16 Å². The van der Waals surface area contributed by atoms with Gasteiger partial charge in [0.05, 0.1) is 7.11 Å². The van der Waals surface area contributed by atoms with Crippen molar-refractivity contribution in [1.82, 2.24) is 10.2 Å². The second-order valence-electron chi connectivity index (χ2n) is 3.99. The Balaban J connectivity index is 4.64. The highest BCUT2D eigenvalue weighted by Gasteiger charge is 2.50. The van der Waals surface area contributed by atoms with Crippen LogP contribution in [0.3, 0.4) is 0 Å². The van der Waals surface area contributed by atoms with Crippen LogP contribution in [0.25, 0.3) is 0 Å². The van der Waals surface area contributed by atoms with Crippen molar-refractivity contribution in [2.45, 2.75) is 39.8 Å². The first-order chi connectivity index (χ1) is 5.93. The second kappa shape index (κ2) is 5.26. The zero-order valence-corrected chi connectivity index (χ0v) is 10.7. The lowest BCUT2D eigenvalue weighted by atomic mass is 10.3. The van der Waals surface area contributed by atoms with Gasteiger partial charge >= 0.3 is 0 Å². The van der Waals surface area contributed by atoms with Crippen molar-refractivity contribution in [1.29, 1.82) is 0 Å². The van der Waals surface area contributed by atoms with Gasteiger partial charge in [0.2, 0.25) is 0 Å². The van der Waals surface area contributed by atoms with E-state index in [0.717, 1.165) is 13.1 Å². The first-order valence-electron chi connectivity index (χ1n) is 4.88. The largest absolute Gasteiger partial charge is 0.289 e. The molecule has 13 heavy (non-hydrogen) atoms. The Labute approximate surface area is 83.2 Å². The summed E-state index contributed by atoms with van der Waals surface area (Å²) in [5.74, 6) is 0. The van der Waals surface area contributed by atoms with Crippen LogP contribution in [0.15, 0.2) is 0 Å². The lowest BCUT2D eigenvalue weighted by Crippen LogP contribution is -2.40. The molecule has 4 heteroatoms.